The molecule has 0 unspecified atom stereocenters. The lowest BCUT2D eigenvalue weighted by atomic mass is 9.90. The van der Waals surface area contributed by atoms with Crippen LogP contribution in [0.3, 0.4) is 0 Å². The molecule has 0 radical (unpaired) electrons. The van der Waals surface area contributed by atoms with Crippen molar-refractivity contribution in [2.24, 2.45) is 0 Å². The number of carbonyl (C=O) groups excluding carboxylic acids is 2. The SMILES string of the molecule is CCC[C@@]1(C)C(=O)NCCN1C(=O)c1csc(-c2ccc([N+](=O)[O-])cc2)n1. The number of nitro groups is 1. The molecule has 1 aromatic heterocycles. The summed E-state index contributed by atoms with van der Waals surface area (Å²) < 4.78 is 0. The summed E-state index contributed by atoms with van der Waals surface area (Å²) in [5.74, 6) is -0.417. The molecule has 0 bridgehead atoms. The number of nitro benzene ring substituents is 1. The van der Waals surface area contributed by atoms with Crippen LogP contribution < -0.4 is 5.32 Å². The largest absolute Gasteiger partial charge is 0.352 e. The van der Waals surface area contributed by atoms with Crippen LogP contribution in [-0.4, -0.2) is 45.2 Å². The lowest BCUT2D eigenvalue weighted by molar-refractivity contribution is -0.384. The molecular formula is C18H20N4O4S. The quantitative estimate of drug-likeness (QED) is 0.626. The minimum atomic E-state index is -0.888. The van der Waals surface area contributed by atoms with Gasteiger partial charge in [-0.2, -0.15) is 0 Å². The van der Waals surface area contributed by atoms with Crippen molar-refractivity contribution in [1.29, 1.82) is 0 Å². The summed E-state index contributed by atoms with van der Waals surface area (Å²) in [5.41, 5.74) is 0.102. The highest BCUT2D eigenvalue weighted by Crippen LogP contribution is 2.29. The maximum atomic E-state index is 13.0. The zero-order chi connectivity index (χ0) is 19.6. The number of non-ortho nitro benzene ring substituents is 1. The molecule has 1 atom stereocenters. The highest BCUT2D eigenvalue weighted by Gasteiger charge is 2.44. The van der Waals surface area contributed by atoms with Crippen LogP contribution in [-0.2, 0) is 4.79 Å². The molecule has 3 rings (SSSR count). The fourth-order valence-electron chi connectivity index (χ4n) is 3.27. The van der Waals surface area contributed by atoms with E-state index >= 15 is 0 Å². The first-order valence-corrected chi connectivity index (χ1v) is 9.55. The minimum Gasteiger partial charge on any atom is -0.352 e. The zero-order valence-corrected chi connectivity index (χ0v) is 15.9. The lowest BCUT2D eigenvalue weighted by Gasteiger charge is -2.43. The Balaban J connectivity index is 1.85. The van der Waals surface area contributed by atoms with Crippen molar-refractivity contribution in [2.75, 3.05) is 13.1 Å². The van der Waals surface area contributed by atoms with Gasteiger partial charge in [0.05, 0.1) is 4.92 Å². The summed E-state index contributed by atoms with van der Waals surface area (Å²) in [6, 6.07) is 6.04. The third kappa shape index (κ3) is 3.55. The van der Waals surface area contributed by atoms with Gasteiger partial charge in [-0.3, -0.25) is 19.7 Å². The van der Waals surface area contributed by atoms with Crippen LogP contribution in [0.15, 0.2) is 29.6 Å². The maximum absolute atomic E-state index is 13.0. The summed E-state index contributed by atoms with van der Waals surface area (Å²) in [6.07, 6.45) is 1.35. The molecule has 1 aromatic carbocycles. The molecule has 1 aliphatic rings. The van der Waals surface area contributed by atoms with E-state index in [0.29, 0.717) is 30.1 Å². The monoisotopic (exact) mass is 388 g/mol. The topological polar surface area (TPSA) is 105 Å². The molecule has 0 spiro atoms. The van der Waals surface area contributed by atoms with Gasteiger partial charge < -0.3 is 10.2 Å². The summed E-state index contributed by atoms with van der Waals surface area (Å²) in [5, 5.41) is 15.9. The van der Waals surface area contributed by atoms with E-state index in [0.717, 1.165) is 6.42 Å². The van der Waals surface area contributed by atoms with E-state index in [9.17, 15) is 19.7 Å². The van der Waals surface area contributed by atoms with Crippen LogP contribution in [0.2, 0.25) is 0 Å². The summed E-state index contributed by atoms with van der Waals surface area (Å²) in [4.78, 5) is 41.7. The van der Waals surface area contributed by atoms with E-state index in [-0.39, 0.29) is 23.2 Å². The van der Waals surface area contributed by atoms with Crippen molar-refractivity contribution in [3.8, 4) is 10.6 Å². The molecule has 142 valence electrons. The van der Waals surface area contributed by atoms with Crippen LogP contribution in [0.5, 0.6) is 0 Å². The smallest absolute Gasteiger partial charge is 0.274 e. The number of hydrogen-bond donors (Lipinski definition) is 1. The Morgan fingerprint density at radius 1 is 1.41 bits per heavy atom. The number of thiazole rings is 1. The second-order valence-corrected chi connectivity index (χ2v) is 7.44. The van der Waals surface area contributed by atoms with Gasteiger partial charge in [0.15, 0.2) is 0 Å². The van der Waals surface area contributed by atoms with Gasteiger partial charge in [0.2, 0.25) is 5.91 Å². The fourth-order valence-corrected chi connectivity index (χ4v) is 4.07. The van der Waals surface area contributed by atoms with Gasteiger partial charge in [-0.1, -0.05) is 13.3 Å². The van der Waals surface area contributed by atoms with E-state index in [1.54, 1.807) is 29.3 Å². The molecule has 1 aliphatic heterocycles. The first kappa shape index (κ1) is 19.0. The molecule has 2 amide bonds. The maximum Gasteiger partial charge on any atom is 0.274 e. The van der Waals surface area contributed by atoms with Gasteiger partial charge in [0.25, 0.3) is 11.6 Å². The average molecular weight is 388 g/mol. The van der Waals surface area contributed by atoms with Crippen molar-refractivity contribution in [2.45, 2.75) is 32.2 Å². The average Bonchev–Trinajstić information content (AvgIpc) is 3.14. The van der Waals surface area contributed by atoms with Crippen LogP contribution in [0.25, 0.3) is 10.6 Å². The summed E-state index contributed by atoms with van der Waals surface area (Å²) in [7, 11) is 0. The van der Waals surface area contributed by atoms with Gasteiger partial charge in [0.1, 0.15) is 16.2 Å². The van der Waals surface area contributed by atoms with E-state index in [2.05, 4.69) is 10.3 Å². The summed E-state index contributed by atoms with van der Waals surface area (Å²) in [6.45, 7) is 4.62. The molecular weight excluding hydrogens is 368 g/mol. The van der Waals surface area contributed by atoms with Crippen LogP contribution >= 0.6 is 11.3 Å². The molecule has 1 N–H and O–H groups in total. The van der Waals surface area contributed by atoms with Crippen LogP contribution in [0.4, 0.5) is 5.69 Å². The van der Waals surface area contributed by atoms with Gasteiger partial charge in [-0.05, 0) is 25.5 Å². The fraction of sp³-hybridized carbons (Fsp3) is 0.389. The van der Waals surface area contributed by atoms with Crippen molar-refractivity contribution in [3.05, 3.63) is 45.5 Å². The van der Waals surface area contributed by atoms with E-state index < -0.39 is 10.5 Å². The van der Waals surface area contributed by atoms with Crippen LogP contribution in [0.1, 0.15) is 37.2 Å². The van der Waals surface area contributed by atoms with Crippen molar-refractivity contribution >= 4 is 28.8 Å². The number of nitrogens with one attached hydrogen (secondary N) is 1. The minimum absolute atomic E-state index is 0.00117. The molecule has 2 aromatic rings. The Labute approximate surface area is 160 Å². The molecule has 0 saturated carbocycles. The number of nitrogens with zero attached hydrogens (tertiary/aromatic N) is 3. The zero-order valence-electron chi connectivity index (χ0n) is 15.1. The molecule has 1 saturated heterocycles. The highest BCUT2D eigenvalue weighted by molar-refractivity contribution is 7.13. The Morgan fingerprint density at radius 2 is 2.11 bits per heavy atom. The predicted molar refractivity (Wildman–Crippen MR) is 102 cm³/mol. The number of hydrogen-bond acceptors (Lipinski definition) is 6. The first-order chi connectivity index (χ1) is 12.9. The lowest BCUT2D eigenvalue weighted by Crippen LogP contribution is -2.64. The third-order valence-corrected chi connectivity index (χ3v) is 5.63. The standard InChI is InChI=1S/C18H20N4O4S/c1-3-8-18(2)17(24)19-9-10-21(18)16(23)14-11-27-15(20-14)12-4-6-13(7-5-12)22(25)26/h4-7,11H,3,8-10H2,1-2H3,(H,19,24)/t18-/m0/s1. The van der Waals surface area contributed by atoms with E-state index in [1.165, 1.54) is 23.5 Å². The number of piperazine rings is 1. The molecule has 1 fully saturated rings. The Morgan fingerprint density at radius 3 is 2.74 bits per heavy atom. The van der Waals surface area contributed by atoms with Crippen LogP contribution in [0, 0.1) is 10.1 Å². The van der Waals surface area contributed by atoms with Crippen molar-refractivity contribution in [1.82, 2.24) is 15.2 Å². The Kier molecular flexibility index (Phi) is 5.22. The highest BCUT2D eigenvalue weighted by atomic mass is 32.1. The molecule has 8 nitrogen and oxygen atoms in total. The number of rotatable bonds is 5. The number of aromatic nitrogens is 1. The van der Waals surface area contributed by atoms with Gasteiger partial charge >= 0.3 is 0 Å². The normalized spacial score (nSPS) is 19.6. The molecule has 9 heteroatoms. The second-order valence-electron chi connectivity index (χ2n) is 6.58. The Hall–Kier alpha value is -2.81. The van der Waals surface area contributed by atoms with Gasteiger partial charge in [-0.15, -0.1) is 11.3 Å². The molecule has 0 aliphatic carbocycles. The van der Waals surface area contributed by atoms with E-state index in [1.807, 2.05) is 6.92 Å². The molecule has 2 heterocycles. The second kappa shape index (κ2) is 7.43. The predicted octanol–water partition coefficient (Wildman–Crippen LogP) is 2.85. The number of carbonyl (C=O) groups is 2. The third-order valence-electron chi connectivity index (χ3n) is 4.74. The van der Waals surface area contributed by atoms with Gasteiger partial charge in [-0.25, -0.2) is 4.98 Å². The summed E-state index contributed by atoms with van der Waals surface area (Å²) >= 11 is 1.29. The number of benzene rings is 1. The van der Waals surface area contributed by atoms with E-state index in [4.69, 9.17) is 0 Å². The first-order valence-electron chi connectivity index (χ1n) is 8.67. The molecule has 27 heavy (non-hydrogen) atoms. The number of amides is 2. The van der Waals surface area contributed by atoms with Crippen molar-refractivity contribution in [3.63, 3.8) is 0 Å². The van der Waals surface area contributed by atoms with Gasteiger partial charge in [0, 0.05) is 36.2 Å². The van der Waals surface area contributed by atoms with Crippen molar-refractivity contribution < 1.29 is 14.5 Å². The Bertz CT molecular complexity index is 880.